The Morgan fingerprint density at radius 3 is 2.32 bits per heavy atom. The largest absolute Gasteiger partial charge is 0.366 e. The molecule has 104 valence electrons. The first-order valence-electron chi connectivity index (χ1n) is 6.05. The lowest BCUT2D eigenvalue weighted by atomic mass is 10.1. The van der Waals surface area contributed by atoms with Crippen LogP contribution in [0, 0.1) is 0 Å². The van der Waals surface area contributed by atoms with E-state index in [4.69, 9.17) is 5.73 Å². The monoisotopic (exact) mass is 264 g/mol. The van der Waals surface area contributed by atoms with E-state index in [0.29, 0.717) is 25.2 Å². The summed E-state index contributed by atoms with van der Waals surface area (Å²) in [6.07, 6.45) is 0. The second-order valence-electron chi connectivity index (χ2n) is 4.36. The topological polar surface area (TPSA) is 87.5 Å². The minimum Gasteiger partial charge on any atom is -0.366 e. The lowest BCUT2D eigenvalue weighted by molar-refractivity contribution is 0.1000. The second-order valence-corrected chi connectivity index (χ2v) is 4.36. The number of carbonyl (C=O) groups is 2. The van der Waals surface area contributed by atoms with Crippen LogP contribution in [0.25, 0.3) is 0 Å². The predicted octanol–water partition coefficient (Wildman–Crippen LogP) is 0.146. The van der Waals surface area contributed by atoms with Crippen LogP contribution in [0.1, 0.15) is 15.9 Å². The minimum absolute atomic E-state index is 0.104. The molecular weight excluding hydrogens is 244 g/mol. The highest BCUT2D eigenvalue weighted by Gasteiger charge is 2.01. The number of rotatable bonds is 6. The van der Waals surface area contributed by atoms with Gasteiger partial charge in [0.25, 0.3) is 0 Å². The van der Waals surface area contributed by atoms with Crippen molar-refractivity contribution in [1.29, 1.82) is 0 Å². The standard InChI is InChI=1S/C13H20N4O2/c1-17(2)13(19)16-8-7-15-9-10-3-5-11(6-4-10)12(14)18/h3-6,15H,7-9H2,1-2H3,(H2,14,18)(H,16,19). The molecule has 1 aromatic carbocycles. The Hall–Kier alpha value is -2.08. The fourth-order valence-corrected chi connectivity index (χ4v) is 1.44. The highest BCUT2D eigenvalue weighted by Crippen LogP contribution is 2.03. The van der Waals surface area contributed by atoms with E-state index in [9.17, 15) is 9.59 Å². The Bertz CT molecular complexity index is 429. The van der Waals surface area contributed by atoms with Gasteiger partial charge in [0.15, 0.2) is 0 Å². The number of nitrogens with one attached hydrogen (secondary N) is 2. The minimum atomic E-state index is -0.425. The molecule has 0 saturated carbocycles. The molecule has 4 N–H and O–H groups in total. The summed E-state index contributed by atoms with van der Waals surface area (Å²) in [7, 11) is 3.39. The zero-order valence-electron chi connectivity index (χ0n) is 11.3. The average Bonchev–Trinajstić information content (AvgIpc) is 2.38. The highest BCUT2D eigenvalue weighted by molar-refractivity contribution is 5.92. The summed E-state index contributed by atoms with van der Waals surface area (Å²) in [4.78, 5) is 23.6. The van der Waals surface area contributed by atoms with Gasteiger partial charge in [-0.1, -0.05) is 12.1 Å². The number of carbonyl (C=O) groups excluding carboxylic acids is 2. The van der Waals surface area contributed by atoms with Crippen molar-refractivity contribution in [1.82, 2.24) is 15.5 Å². The number of urea groups is 1. The lowest BCUT2D eigenvalue weighted by Gasteiger charge is -2.12. The average molecular weight is 264 g/mol. The second kappa shape index (κ2) is 7.38. The van der Waals surface area contributed by atoms with Gasteiger partial charge in [-0.3, -0.25) is 4.79 Å². The molecule has 0 fully saturated rings. The Morgan fingerprint density at radius 2 is 1.79 bits per heavy atom. The molecule has 0 bridgehead atoms. The van der Waals surface area contributed by atoms with Crippen LogP contribution in [0.4, 0.5) is 4.79 Å². The SMILES string of the molecule is CN(C)C(=O)NCCNCc1ccc(C(N)=O)cc1. The highest BCUT2D eigenvalue weighted by atomic mass is 16.2. The molecule has 0 aliphatic carbocycles. The van der Waals surface area contributed by atoms with E-state index in [-0.39, 0.29) is 6.03 Å². The zero-order valence-corrected chi connectivity index (χ0v) is 11.3. The number of hydrogen-bond acceptors (Lipinski definition) is 3. The van der Waals surface area contributed by atoms with Gasteiger partial charge in [-0.15, -0.1) is 0 Å². The molecule has 0 spiro atoms. The molecule has 0 aliphatic rings. The van der Waals surface area contributed by atoms with Crippen LogP contribution in [-0.2, 0) is 6.54 Å². The van der Waals surface area contributed by atoms with Gasteiger partial charge in [-0.2, -0.15) is 0 Å². The summed E-state index contributed by atoms with van der Waals surface area (Å²) in [5.41, 5.74) is 6.72. The van der Waals surface area contributed by atoms with E-state index in [1.165, 1.54) is 4.90 Å². The van der Waals surface area contributed by atoms with Crippen molar-refractivity contribution >= 4 is 11.9 Å². The van der Waals surface area contributed by atoms with Gasteiger partial charge >= 0.3 is 6.03 Å². The quantitative estimate of drug-likeness (QED) is 0.639. The van der Waals surface area contributed by atoms with Crippen LogP contribution in [-0.4, -0.2) is 44.0 Å². The van der Waals surface area contributed by atoms with Crippen molar-refractivity contribution in [2.75, 3.05) is 27.2 Å². The Morgan fingerprint density at radius 1 is 1.16 bits per heavy atom. The van der Waals surface area contributed by atoms with Crippen LogP contribution >= 0.6 is 0 Å². The van der Waals surface area contributed by atoms with Crippen molar-refractivity contribution in [3.05, 3.63) is 35.4 Å². The van der Waals surface area contributed by atoms with Crippen molar-refractivity contribution < 1.29 is 9.59 Å². The summed E-state index contributed by atoms with van der Waals surface area (Å²) in [5, 5.41) is 5.95. The predicted molar refractivity (Wildman–Crippen MR) is 73.8 cm³/mol. The number of benzene rings is 1. The van der Waals surface area contributed by atoms with E-state index in [1.54, 1.807) is 26.2 Å². The molecule has 0 heterocycles. The van der Waals surface area contributed by atoms with E-state index in [1.807, 2.05) is 12.1 Å². The van der Waals surface area contributed by atoms with Crippen molar-refractivity contribution in [2.24, 2.45) is 5.73 Å². The van der Waals surface area contributed by atoms with Crippen LogP contribution in [0.15, 0.2) is 24.3 Å². The first-order chi connectivity index (χ1) is 9.00. The van der Waals surface area contributed by atoms with E-state index < -0.39 is 5.91 Å². The molecule has 3 amide bonds. The molecule has 1 rings (SSSR count). The van der Waals surface area contributed by atoms with Crippen LogP contribution in [0.2, 0.25) is 0 Å². The van der Waals surface area contributed by atoms with Gasteiger partial charge in [-0.05, 0) is 17.7 Å². The summed E-state index contributed by atoms with van der Waals surface area (Å²) >= 11 is 0. The number of hydrogen-bond donors (Lipinski definition) is 3. The smallest absolute Gasteiger partial charge is 0.316 e. The van der Waals surface area contributed by atoms with Gasteiger partial charge in [0.2, 0.25) is 5.91 Å². The molecule has 19 heavy (non-hydrogen) atoms. The summed E-state index contributed by atoms with van der Waals surface area (Å²) in [6, 6.07) is 7.00. The number of primary amides is 1. The number of nitrogens with two attached hydrogens (primary N) is 1. The fourth-order valence-electron chi connectivity index (χ4n) is 1.44. The maximum atomic E-state index is 11.2. The van der Waals surface area contributed by atoms with Gasteiger partial charge in [-0.25, -0.2) is 4.79 Å². The Labute approximate surface area is 113 Å². The molecule has 0 aliphatic heterocycles. The number of amides is 3. The molecule has 0 radical (unpaired) electrons. The molecule has 0 unspecified atom stereocenters. The van der Waals surface area contributed by atoms with E-state index in [2.05, 4.69) is 10.6 Å². The molecule has 0 saturated heterocycles. The third kappa shape index (κ3) is 5.39. The molecule has 0 aromatic heterocycles. The van der Waals surface area contributed by atoms with Crippen molar-refractivity contribution in [3.8, 4) is 0 Å². The van der Waals surface area contributed by atoms with Gasteiger partial charge < -0.3 is 21.3 Å². The number of nitrogens with zero attached hydrogens (tertiary/aromatic N) is 1. The van der Waals surface area contributed by atoms with Crippen LogP contribution in [0.3, 0.4) is 0 Å². The van der Waals surface area contributed by atoms with Gasteiger partial charge in [0.1, 0.15) is 0 Å². The normalized spacial score (nSPS) is 10.0. The van der Waals surface area contributed by atoms with Crippen molar-refractivity contribution in [2.45, 2.75) is 6.54 Å². The zero-order chi connectivity index (χ0) is 14.3. The fraction of sp³-hybridized carbons (Fsp3) is 0.385. The summed E-state index contributed by atoms with van der Waals surface area (Å²) in [6.45, 7) is 1.92. The molecule has 1 aromatic rings. The van der Waals surface area contributed by atoms with Crippen LogP contribution < -0.4 is 16.4 Å². The molecule has 0 atom stereocenters. The molecule has 6 heteroatoms. The third-order valence-corrected chi connectivity index (χ3v) is 2.55. The Kier molecular flexibility index (Phi) is 5.81. The van der Waals surface area contributed by atoms with Crippen molar-refractivity contribution in [3.63, 3.8) is 0 Å². The first-order valence-corrected chi connectivity index (χ1v) is 6.05. The maximum absolute atomic E-state index is 11.2. The van der Waals surface area contributed by atoms with Crippen LogP contribution in [0.5, 0.6) is 0 Å². The summed E-state index contributed by atoms with van der Waals surface area (Å²) in [5.74, 6) is -0.425. The van der Waals surface area contributed by atoms with E-state index in [0.717, 1.165) is 5.56 Å². The maximum Gasteiger partial charge on any atom is 0.316 e. The summed E-state index contributed by atoms with van der Waals surface area (Å²) < 4.78 is 0. The lowest BCUT2D eigenvalue weighted by Crippen LogP contribution is -2.38. The van der Waals surface area contributed by atoms with E-state index >= 15 is 0 Å². The first kappa shape index (κ1) is 15.0. The third-order valence-electron chi connectivity index (χ3n) is 2.55. The Balaban J connectivity index is 2.22. The molecular formula is C13H20N4O2. The van der Waals surface area contributed by atoms with Gasteiger partial charge in [0, 0.05) is 39.3 Å². The van der Waals surface area contributed by atoms with Gasteiger partial charge in [0.05, 0.1) is 0 Å². The molecule has 6 nitrogen and oxygen atoms in total.